The second kappa shape index (κ2) is 6.70. The number of hydrogen-bond acceptors (Lipinski definition) is 5. The lowest BCUT2D eigenvalue weighted by Crippen LogP contribution is -2.28. The van der Waals surface area contributed by atoms with Gasteiger partial charge in [0.05, 0.1) is 5.69 Å². The first-order valence-corrected chi connectivity index (χ1v) is 6.60. The minimum atomic E-state index is -0.207. The van der Waals surface area contributed by atoms with Crippen LogP contribution in [0.2, 0.25) is 0 Å². The van der Waals surface area contributed by atoms with Gasteiger partial charge in [-0.3, -0.25) is 4.79 Å². The van der Waals surface area contributed by atoms with E-state index in [1.165, 1.54) is 0 Å². The summed E-state index contributed by atoms with van der Waals surface area (Å²) in [7, 11) is 0. The zero-order valence-electron chi connectivity index (χ0n) is 11.6. The second-order valence-corrected chi connectivity index (χ2v) is 4.36. The Balaban J connectivity index is 1.72. The fourth-order valence-corrected chi connectivity index (χ4v) is 1.64. The van der Waals surface area contributed by atoms with Crippen molar-refractivity contribution in [2.45, 2.75) is 20.3 Å². The number of aromatic nitrogens is 2. The number of nitrogens with zero attached hydrogens (tertiary/aromatic N) is 2. The molecule has 6 nitrogen and oxygen atoms in total. The van der Waals surface area contributed by atoms with Crippen molar-refractivity contribution >= 4 is 11.7 Å². The van der Waals surface area contributed by atoms with Gasteiger partial charge in [0.25, 0.3) is 5.91 Å². The van der Waals surface area contributed by atoms with Gasteiger partial charge in [0.2, 0.25) is 0 Å². The smallest absolute Gasteiger partial charge is 0.287 e. The lowest BCUT2D eigenvalue weighted by Gasteiger charge is -2.05. The van der Waals surface area contributed by atoms with Crippen molar-refractivity contribution in [2.24, 2.45) is 0 Å². The van der Waals surface area contributed by atoms with Gasteiger partial charge in [-0.2, -0.15) is 5.10 Å². The van der Waals surface area contributed by atoms with E-state index in [1.54, 1.807) is 6.07 Å². The van der Waals surface area contributed by atoms with Crippen molar-refractivity contribution in [3.05, 3.63) is 41.5 Å². The van der Waals surface area contributed by atoms with Crippen LogP contribution < -0.4 is 10.6 Å². The largest absolute Gasteiger partial charge is 0.456 e. The minimum Gasteiger partial charge on any atom is -0.456 e. The second-order valence-electron chi connectivity index (χ2n) is 4.36. The fraction of sp³-hybridized carbons (Fsp3) is 0.357. The summed E-state index contributed by atoms with van der Waals surface area (Å²) in [6.07, 6.45) is 0.779. The summed E-state index contributed by atoms with van der Waals surface area (Å²) in [6, 6.07) is 7.23. The van der Waals surface area contributed by atoms with Crippen molar-refractivity contribution in [1.29, 1.82) is 0 Å². The molecular formula is C14H18N4O2. The Morgan fingerprint density at radius 3 is 2.70 bits per heavy atom. The van der Waals surface area contributed by atoms with E-state index in [4.69, 9.17) is 4.42 Å². The number of carbonyl (C=O) groups is 1. The van der Waals surface area contributed by atoms with Gasteiger partial charge in [-0.15, -0.1) is 5.10 Å². The Morgan fingerprint density at radius 1 is 1.20 bits per heavy atom. The van der Waals surface area contributed by atoms with Gasteiger partial charge >= 0.3 is 0 Å². The lowest BCUT2D eigenvalue weighted by molar-refractivity contribution is 0.0926. The number of furan rings is 1. The van der Waals surface area contributed by atoms with Crippen LogP contribution >= 0.6 is 0 Å². The van der Waals surface area contributed by atoms with E-state index in [0.717, 1.165) is 17.9 Å². The molecule has 2 heterocycles. The maximum absolute atomic E-state index is 11.8. The van der Waals surface area contributed by atoms with E-state index in [9.17, 15) is 4.79 Å². The van der Waals surface area contributed by atoms with Gasteiger partial charge in [-0.1, -0.05) is 6.92 Å². The normalized spacial score (nSPS) is 10.3. The fourth-order valence-electron chi connectivity index (χ4n) is 1.64. The van der Waals surface area contributed by atoms with Gasteiger partial charge in [0.15, 0.2) is 5.76 Å². The van der Waals surface area contributed by atoms with E-state index < -0.39 is 0 Å². The maximum atomic E-state index is 11.8. The number of rotatable bonds is 6. The van der Waals surface area contributed by atoms with E-state index in [1.807, 2.05) is 32.0 Å². The lowest BCUT2D eigenvalue weighted by atomic mass is 10.3. The Labute approximate surface area is 117 Å². The molecule has 2 aromatic heterocycles. The van der Waals surface area contributed by atoms with Crippen LogP contribution in [0.3, 0.4) is 0 Å². The van der Waals surface area contributed by atoms with E-state index in [-0.39, 0.29) is 5.91 Å². The zero-order valence-corrected chi connectivity index (χ0v) is 11.6. The van der Waals surface area contributed by atoms with Crippen LogP contribution in [0.15, 0.2) is 28.7 Å². The van der Waals surface area contributed by atoms with Crippen LogP contribution in [-0.2, 0) is 6.42 Å². The molecule has 1 amide bonds. The van der Waals surface area contributed by atoms with Crippen LogP contribution in [0.1, 0.15) is 28.9 Å². The molecule has 0 aliphatic carbocycles. The molecular weight excluding hydrogens is 256 g/mol. The highest BCUT2D eigenvalue weighted by Crippen LogP contribution is 2.07. The Morgan fingerprint density at radius 2 is 2.05 bits per heavy atom. The highest BCUT2D eigenvalue weighted by Gasteiger charge is 2.09. The SMILES string of the molecule is CCc1ccc(C(=O)NCCNc2ccc(C)nn2)o1. The van der Waals surface area contributed by atoms with Crippen LogP contribution in [0.25, 0.3) is 0 Å². The van der Waals surface area contributed by atoms with Crippen molar-refractivity contribution in [1.82, 2.24) is 15.5 Å². The standard InChI is InChI=1S/C14H18N4O2/c1-3-11-5-6-12(20-11)14(19)16-9-8-15-13-7-4-10(2)17-18-13/h4-7H,3,8-9H2,1-2H3,(H,15,18)(H,16,19). The molecule has 0 aliphatic heterocycles. The Kier molecular flexibility index (Phi) is 4.70. The van der Waals surface area contributed by atoms with Crippen molar-refractivity contribution < 1.29 is 9.21 Å². The number of aryl methyl sites for hydroxylation is 2. The van der Waals surface area contributed by atoms with Crippen LogP contribution in [-0.4, -0.2) is 29.2 Å². The molecule has 0 fully saturated rings. The first-order chi connectivity index (χ1) is 9.69. The van der Waals surface area contributed by atoms with Gasteiger partial charge in [0, 0.05) is 19.5 Å². The number of hydrogen-bond donors (Lipinski definition) is 2. The average Bonchev–Trinajstić information content (AvgIpc) is 2.94. The molecule has 2 N–H and O–H groups in total. The van der Waals surface area contributed by atoms with Crippen LogP contribution in [0, 0.1) is 6.92 Å². The van der Waals surface area contributed by atoms with Crippen molar-refractivity contribution in [2.75, 3.05) is 18.4 Å². The molecule has 0 atom stereocenters. The highest BCUT2D eigenvalue weighted by atomic mass is 16.3. The molecule has 0 radical (unpaired) electrons. The number of carbonyl (C=O) groups excluding carboxylic acids is 1. The third kappa shape index (κ3) is 3.81. The molecule has 0 unspecified atom stereocenters. The summed E-state index contributed by atoms with van der Waals surface area (Å²) < 4.78 is 5.37. The molecule has 2 rings (SSSR count). The van der Waals surface area contributed by atoms with Crippen molar-refractivity contribution in [3.8, 4) is 0 Å². The van der Waals surface area contributed by atoms with E-state index in [0.29, 0.717) is 24.7 Å². The molecule has 6 heteroatoms. The zero-order chi connectivity index (χ0) is 14.4. The number of amides is 1. The van der Waals surface area contributed by atoms with E-state index in [2.05, 4.69) is 20.8 Å². The summed E-state index contributed by atoms with van der Waals surface area (Å²) in [5.41, 5.74) is 0.869. The van der Waals surface area contributed by atoms with Crippen LogP contribution in [0.5, 0.6) is 0 Å². The molecule has 0 aliphatic rings. The molecule has 2 aromatic rings. The minimum absolute atomic E-state index is 0.207. The monoisotopic (exact) mass is 274 g/mol. The Hall–Kier alpha value is -2.37. The van der Waals surface area contributed by atoms with Gasteiger partial charge in [-0.05, 0) is 31.2 Å². The molecule has 0 aromatic carbocycles. The molecule has 20 heavy (non-hydrogen) atoms. The molecule has 106 valence electrons. The summed E-state index contributed by atoms with van der Waals surface area (Å²) in [5.74, 6) is 1.64. The molecule has 0 bridgehead atoms. The quantitative estimate of drug-likeness (QED) is 0.785. The number of anilines is 1. The predicted molar refractivity (Wildman–Crippen MR) is 75.7 cm³/mol. The van der Waals surface area contributed by atoms with Crippen molar-refractivity contribution in [3.63, 3.8) is 0 Å². The van der Waals surface area contributed by atoms with Gasteiger partial charge < -0.3 is 15.1 Å². The third-order valence-electron chi connectivity index (χ3n) is 2.75. The van der Waals surface area contributed by atoms with Gasteiger partial charge in [0.1, 0.15) is 11.6 Å². The van der Waals surface area contributed by atoms with E-state index >= 15 is 0 Å². The summed E-state index contributed by atoms with van der Waals surface area (Å²) in [4.78, 5) is 11.8. The molecule has 0 spiro atoms. The first-order valence-electron chi connectivity index (χ1n) is 6.60. The summed E-state index contributed by atoms with van der Waals surface area (Å²) in [6.45, 7) is 4.92. The third-order valence-corrected chi connectivity index (χ3v) is 2.75. The summed E-state index contributed by atoms with van der Waals surface area (Å²) in [5, 5.41) is 13.8. The predicted octanol–water partition coefficient (Wildman–Crippen LogP) is 1.78. The topological polar surface area (TPSA) is 80.0 Å². The molecule has 0 saturated carbocycles. The highest BCUT2D eigenvalue weighted by molar-refractivity contribution is 5.91. The Bertz CT molecular complexity index is 563. The van der Waals surface area contributed by atoms with Gasteiger partial charge in [-0.25, -0.2) is 0 Å². The average molecular weight is 274 g/mol. The molecule has 0 saturated heterocycles. The first kappa shape index (κ1) is 14.0. The number of nitrogens with one attached hydrogen (secondary N) is 2. The summed E-state index contributed by atoms with van der Waals surface area (Å²) >= 11 is 0. The van der Waals surface area contributed by atoms with Crippen LogP contribution in [0.4, 0.5) is 5.82 Å². The maximum Gasteiger partial charge on any atom is 0.287 e.